The molecule has 0 aliphatic carbocycles. The van der Waals surface area contributed by atoms with Crippen molar-refractivity contribution >= 4 is 44.1 Å². The van der Waals surface area contributed by atoms with Crippen LogP contribution < -0.4 is 5.32 Å². The monoisotopic (exact) mass is 362 g/mol. The minimum atomic E-state index is 0.763. The number of para-hydroxylation sites is 1. The zero-order valence-electron chi connectivity index (χ0n) is 12.0. The molecule has 0 radical (unpaired) electrons. The molecule has 3 aromatic rings. The highest BCUT2D eigenvalue weighted by Crippen LogP contribution is 2.30. The number of anilines is 1. The number of aryl methyl sites for hydroxylation is 2. The average Bonchev–Trinajstić information content (AvgIpc) is 2.79. The van der Waals surface area contributed by atoms with Crippen LogP contribution >= 0.6 is 27.5 Å². The number of nitrogens with one attached hydrogen (secondary N) is 1. The first-order chi connectivity index (χ1) is 10.1. The highest BCUT2D eigenvalue weighted by molar-refractivity contribution is 9.10. The van der Waals surface area contributed by atoms with E-state index >= 15 is 0 Å². The predicted octanol–water partition coefficient (Wildman–Crippen LogP) is 5.51. The summed E-state index contributed by atoms with van der Waals surface area (Å²) in [5, 5.41) is 5.51. The summed E-state index contributed by atoms with van der Waals surface area (Å²) in [6, 6.07) is 12.4. The molecule has 0 fully saturated rings. The highest BCUT2D eigenvalue weighted by Gasteiger charge is 2.08. The molecular weight excluding hydrogens is 348 g/mol. The molecule has 21 heavy (non-hydrogen) atoms. The van der Waals surface area contributed by atoms with Gasteiger partial charge in [-0.05, 0) is 52.2 Å². The molecule has 0 aliphatic rings. The van der Waals surface area contributed by atoms with Gasteiger partial charge in [0, 0.05) is 40.2 Å². The Morgan fingerprint density at radius 3 is 2.81 bits per heavy atom. The van der Waals surface area contributed by atoms with Crippen LogP contribution in [-0.4, -0.2) is 4.57 Å². The number of halogens is 2. The van der Waals surface area contributed by atoms with Gasteiger partial charge in [0.2, 0.25) is 0 Å². The molecule has 2 nitrogen and oxygen atoms in total. The van der Waals surface area contributed by atoms with Crippen LogP contribution in [0, 0.1) is 6.92 Å². The minimum absolute atomic E-state index is 0.763. The molecule has 1 N–H and O–H groups in total. The largest absolute Gasteiger partial charge is 0.380 e. The molecule has 0 saturated heterocycles. The Morgan fingerprint density at radius 1 is 1.24 bits per heavy atom. The van der Waals surface area contributed by atoms with Crippen molar-refractivity contribution < 1.29 is 0 Å². The van der Waals surface area contributed by atoms with Gasteiger partial charge in [0.1, 0.15) is 0 Å². The van der Waals surface area contributed by atoms with E-state index in [1.165, 1.54) is 16.5 Å². The van der Waals surface area contributed by atoms with Gasteiger partial charge >= 0.3 is 0 Å². The van der Waals surface area contributed by atoms with Gasteiger partial charge in [0.15, 0.2) is 0 Å². The van der Waals surface area contributed by atoms with Crippen LogP contribution in [0.3, 0.4) is 0 Å². The van der Waals surface area contributed by atoms with Crippen molar-refractivity contribution in [1.82, 2.24) is 4.57 Å². The Kier molecular flexibility index (Phi) is 3.96. The summed E-state index contributed by atoms with van der Waals surface area (Å²) in [5.74, 6) is 0. The van der Waals surface area contributed by atoms with Crippen molar-refractivity contribution in [1.29, 1.82) is 0 Å². The van der Waals surface area contributed by atoms with E-state index < -0.39 is 0 Å². The summed E-state index contributed by atoms with van der Waals surface area (Å²) in [6.45, 7) is 2.76. The van der Waals surface area contributed by atoms with E-state index in [0.717, 1.165) is 27.3 Å². The van der Waals surface area contributed by atoms with E-state index in [4.69, 9.17) is 11.6 Å². The molecule has 0 aliphatic heterocycles. The highest BCUT2D eigenvalue weighted by atomic mass is 79.9. The lowest BCUT2D eigenvalue weighted by atomic mass is 10.1. The minimum Gasteiger partial charge on any atom is -0.380 e. The molecule has 0 unspecified atom stereocenters. The third-order valence-corrected chi connectivity index (χ3v) is 4.76. The molecule has 0 atom stereocenters. The summed E-state index contributed by atoms with van der Waals surface area (Å²) in [6.07, 6.45) is 2.17. The maximum absolute atomic E-state index is 6.20. The lowest BCUT2D eigenvalue weighted by Crippen LogP contribution is -2.00. The van der Waals surface area contributed by atoms with Crippen LogP contribution in [0.4, 0.5) is 5.69 Å². The molecule has 1 aromatic heterocycles. The summed E-state index contributed by atoms with van der Waals surface area (Å²) < 4.78 is 3.19. The van der Waals surface area contributed by atoms with Crippen LogP contribution in [0.1, 0.15) is 11.1 Å². The molecule has 0 bridgehead atoms. The maximum Gasteiger partial charge on any atom is 0.0502 e. The van der Waals surface area contributed by atoms with Gasteiger partial charge < -0.3 is 9.88 Å². The molecule has 3 rings (SSSR count). The summed E-state index contributed by atoms with van der Waals surface area (Å²) >= 11 is 9.79. The number of aromatic nitrogens is 1. The van der Waals surface area contributed by atoms with Gasteiger partial charge in [0.25, 0.3) is 0 Å². The Bertz CT molecular complexity index is 808. The molecular formula is C17H16BrClN2. The van der Waals surface area contributed by atoms with Crippen LogP contribution in [0.2, 0.25) is 5.02 Å². The summed E-state index contributed by atoms with van der Waals surface area (Å²) in [7, 11) is 2.07. The van der Waals surface area contributed by atoms with E-state index in [1.807, 2.05) is 19.1 Å². The molecule has 108 valence electrons. The van der Waals surface area contributed by atoms with Crippen molar-refractivity contribution in [2.45, 2.75) is 13.5 Å². The van der Waals surface area contributed by atoms with E-state index in [2.05, 4.69) is 63.3 Å². The van der Waals surface area contributed by atoms with Crippen molar-refractivity contribution in [3.8, 4) is 0 Å². The standard InChI is InChI=1S/C17H16BrClN2/c1-11-7-14(18)16(8-15(11)19)20-9-12-10-21(2)17-6-4-3-5-13(12)17/h3-8,10,20H,9H2,1-2H3. The van der Waals surface area contributed by atoms with Gasteiger partial charge in [-0.25, -0.2) is 0 Å². The van der Waals surface area contributed by atoms with Gasteiger partial charge in [-0.3, -0.25) is 0 Å². The fourth-order valence-electron chi connectivity index (χ4n) is 2.54. The number of rotatable bonds is 3. The Morgan fingerprint density at radius 2 is 2.00 bits per heavy atom. The fourth-order valence-corrected chi connectivity index (χ4v) is 3.30. The second-order valence-corrected chi connectivity index (χ2v) is 6.48. The normalized spacial score (nSPS) is 11.0. The average molecular weight is 364 g/mol. The third kappa shape index (κ3) is 2.81. The zero-order chi connectivity index (χ0) is 15.0. The van der Waals surface area contributed by atoms with Crippen molar-refractivity contribution in [2.75, 3.05) is 5.32 Å². The number of nitrogens with zero attached hydrogens (tertiary/aromatic N) is 1. The van der Waals surface area contributed by atoms with E-state index in [9.17, 15) is 0 Å². The van der Waals surface area contributed by atoms with Crippen LogP contribution in [0.15, 0.2) is 47.1 Å². The number of hydrogen-bond acceptors (Lipinski definition) is 1. The zero-order valence-corrected chi connectivity index (χ0v) is 14.3. The van der Waals surface area contributed by atoms with Gasteiger partial charge in [-0.1, -0.05) is 29.8 Å². The van der Waals surface area contributed by atoms with E-state index in [1.54, 1.807) is 0 Å². The number of benzene rings is 2. The van der Waals surface area contributed by atoms with Gasteiger partial charge in [-0.2, -0.15) is 0 Å². The molecule has 0 saturated carbocycles. The predicted molar refractivity (Wildman–Crippen MR) is 94.1 cm³/mol. The van der Waals surface area contributed by atoms with Crippen LogP contribution in [-0.2, 0) is 13.6 Å². The first kappa shape index (κ1) is 14.5. The summed E-state index contributed by atoms with van der Waals surface area (Å²) in [5.41, 5.74) is 4.60. The van der Waals surface area contributed by atoms with Gasteiger partial charge in [0.05, 0.1) is 5.69 Å². The summed E-state index contributed by atoms with van der Waals surface area (Å²) in [4.78, 5) is 0. The van der Waals surface area contributed by atoms with Crippen LogP contribution in [0.5, 0.6) is 0 Å². The number of hydrogen-bond donors (Lipinski definition) is 1. The SMILES string of the molecule is Cc1cc(Br)c(NCc2cn(C)c3ccccc23)cc1Cl. The van der Waals surface area contributed by atoms with Gasteiger partial charge in [-0.15, -0.1) is 0 Å². The number of fused-ring (bicyclic) bond motifs is 1. The lowest BCUT2D eigenvalue weighted by molar-refractivity contribution is 0.955. The Hall–Kier alpha value is -1.45. The lowest BCUT2D eigenvalue weighted by Gasteiger charge is -2.10. The fraction of sp³-hybridized carbons (Fsp3) is 0.176. The molecule has 0 amide bonds. The van der Waals surface area contributed by atoms with Crippen molar-refractivity contribution in [2.24, 2.45) is 7.05 Å². The second-order valence-electron chi connectivity index (χ2n) is 5.22. The molecule has 4 heteroatoms. The second kappa shape index (κ2) is 5.74. The van der Waals surface area contributed by atoms with Crippen LogP contribution in [0.25, 0.3) is 10.9 Å². The molecule has 0 spiro atoms. The van der Waals surface area contributed by atoms with E-state index in [0.29, 0.717) is 0 Å². The topological polar surface area (TPSA) is 17.0 Å². The van der Waals surface area contributed by atoms with Crippen molar-refractivity contribution in [3.63, 3.8) is 0 Å². The van der Waals surface area contributed by atoms with E-state index in [-0.39, 0.29) is 0 Å². The first-order valence-electron chi connectivity index (χ1n) is 6.78. The Labute approximate surface area is 137 Å². The molecule has 1 heterocycles. The third-order valence-electron chi connectivity index (χ3n) is 3.70. The first-order valence-corrected chi connectivity index (χ1v) is 7.96. The quantitative estimate of drug-likeness (QED) is 0.649. The Balaban J connectivity index is 1.89. The maximum atomic E-state index is 6.20. The smallest absolute Gasteiger partial charge is 0.0502 e. The molecule has 2 aromatic carbocycles. The van der Waals surface area contributed by atoms with Crippen molar-refractivity contribution in [3.05, 3.63) is 63.2 Å².